The second-order valence-corrected chi connectivity index (χ2v) is 11.0. The number of nitrogens with zero attached hydrogens (tertiary/aromatic N) is 2. The van der Waals surface area contributed by atoms with Gasteiger partial charge in [-0.25, -0.2) is 0 Å². The van der Waals surface area contributed by atoms with E-state index in [-0.39, 0.29) is 42.0 Å². The Morgan fingerprint density at radius 3 is 2.35 bits per heavy atom. The van der Waals surface area contributed by atoms with Crippen molar-refractivity contribution < 1.29 is 37.0 Å². The number of hydrogen-bond acceptors (Lipinski definition) is 6. The van der Waals surface area contributed by atoms with Gasteiger partial charge in [-0.05, 0) is 67.1 Å². The van der Waals surface area contributed by atoms with Crippen molar-refractivity contribution in [1.82, 2.24) is 15.1 Å². The Kier molecular flexibility index (Phi) is 6.93. The highest BCUT2D eigenvalue weighted by atomic mass is 19.4. The van der Waals surface area contributed by atoms with Gasteiger partial charge in [0, 0.05) is 43.6 Å². The summed E-state index contributed by atoms with van der Waals surface area (Å²) < 4.78 is 47.8. The molecule has 1 aliphatic carbocycles. The number of likely N-dealkylation sites (tertiary alicyclic amines) is 1. The summed E-state index contributed by atoms with van der Waals surface area (Å²) in [5, 5.41) is 2.32. The van der Waals surface area contributed by atoms with Gasteiger partial charge in [0.25, 0.3) is 5.91 Å². The molecule has 1 unspecified atom stereocenters. The monoisotopic (exact) mass is 557 g/mol. The van der Waals surface area contributed by atoms with Crippen LogP contribution in [0, 0.1) is 0 Å². The summed E-state index contributed by atoms with van der Waals surface area (Å²) in [5.41, 5.74) is 2.35. The van der Waals surface area contributed by atoms with Crippen molar-refractivity contribution in [3.8, 4) is 11.5 Å². The molecule has 1 saturated carbocycles. The van der Waals surface area contributed by atoms with Crippen LogP contribution in [-0.4, -0.2) is 65.2 Å². The normalized spacial score (nSPS) is 25.8. The average Bonchev–Trinajstić information content (AvgIpc) is 3.19. The van der Waals surface area contributed by atoms with Crippen LogP contribution in [0.5, 0.6) is 11.5 Å². The van der Waals surface area contributed by atoms with Gasteiger partial charge in [0.1, 0.15) is 23.6 Å². The zero-order chi connectivity index (χ0) is 28.0. The summed E-state index contributed by atoms with van der Waals surface area (Å²) in [6.07, 6.45) is -0.107. The van der Waals surface area contributed by atoms with Gasteiger partial charge in [0.2, 0.25) is 11.8 Å². The maximum Gasteiger partial charge on any atom is 0.573 e. The van der Waals surface area contributed by atoms with Crippen molar-refractivity contribution >= 4 is 17.7 Å². The number of nitrogens with one attached hydrogen (secondary N) is 1. The first kappa shape index (κ1) is 26.6. The highest BCUT2D eigenvalue weighted by Crippen LogP contribution is 2.37. The van der Waals surface area contributed by atoms with E-state index in [1.165, 1.54) is 17.0 Å². The van der Waals surface area contributed by atoms with Crippen LogP contribution in [0.4, 0.5) is 13.2 Å². The number of piperidine rings is 1. The molecule has 11 heteroatoms. The fraction of sp³-hybridized carbons (Fsp3) is 0.483. The molecular formula is C29H30F3N3O5. The minimum Gasteiger partial charge on any atom is -0.489 e. The molecule has 212 valence electrons. The van der Waals surface area contributed by atoms with Crippen LogP contribution in [-0.2, 0) is 16.1 Å². The van der Waals surface area contributed by atoms with Gasteiger partial charge in [-0.1, -0.05) is 18.6 Å². The third kappa shape index (κ3) is 5.39. The number of rotatable bonds is 6. The Bertz CT molecular complexity index is 1310. The molecule has 8 nitrogen and oxygen atoms in total. The van der Waals surface area contributed by atoms with E-state index in [4.69, 9.17) is 4.74 Å². The molecular weight excluding hydrogens is 527 g/mol. The van der Waals surface area contributed by atoms with E-state index in [9.17, 15) is 27.6 Å². The van der Waals surface area contributed by atoms with Crippen LogP contribution in [0.2, 0.25) is 0 Å². The lowest BCUT2D eigenvalue weighted by Gasteiger charge is -2.48. The standard InChI is InChI=1S/C29H30F3N3O5/c30-29(31,32)40-20-7-5-17(6-8-20)19-14-34(15-19)23-3-1-2-4-25(23)39-21-9-10-22-18(13-21)16-35(28(22)38)24-11-12-26(36)33-27(24)37/h5-10,13,19,23-25H,1-4,11-12,14-16H2,(H,33,36,37)/t23-,24?,25-/m1/s1. The molecule has 4 aliphatic rings. The van der Waals surface area contributed by atoms with Gasteiger partial charge in [-0.3, -0.25) is 24.6 Å². The number of alkyl halides is 3. The second-order valence-electron chi connectivity index (χ2n) is 11.0. The summed E-state index contributed by atoms with van der Waals surface area (Å²) in [6, 6.07) is 11.1. The molecule has 0 spiro atoms. The van der Waals surface area contributed by atoms with E-state index in [0.717, 1.165) is 49.9 Å². The number of amides is 3. The highest BCUT2D eigenvalue weighted by molar-refractivity contribution is 6.05. The Balaban J connectivity index is 1.08. The van der Waals surface area contributed by atoms with Crippen LogP contribution in [0.3, 0.4) is 0 Å². The van der Waals surface area contributed by atoms with Crippen molar-refractivity contribution in [2.24, 2.45) is 0 Å². The van der Waals surface area contributed by atoms with Crippen LogP contribution < -0.4 is 14.8 Å². The zero-order valence-electron chi connectivity index (χ0n) is 21.8. The van der Waals surface area contributed by atoms with E-state index in [2.05, 4.69) is 15.0 Å². The minimum absolute atomic E-state index is 0.0151. The second kappa shape index (κ2) is 10.4. The number of benzene rings is 2. The molecule has 2 aromatic carbocycles. The first-order chi connectivity index (χ1) is 19.1. The van der Waals surface area contributed by atoms with Crippen molar-refractivity contribution in [3.63, 3.8) is 0 Å². The van der Waals surface area contributed by atoms with E-state index >= 15 is 0 Å². The number of carbonyl (C=O) groups excluding carboxylic acids is 3. The molecule has 6 rings (SSSR count). The van der Waals surface area contributed by atoms with Crippen molar-refractivity contribution in [3.05, 3.63) is 59.2 Å². The summed E-state index contributed by atoms with van der Waals surface area (Å²) >= 11 is 0. The molecule has 0 radical (unpaired) electrons. The van der Waals surface area contributed by atoms with E-state index < -0.39 is 18.3 Å². The zero-order valence-corrected chi connectivity index (χ0v) is 21.8. The largest absolute Gasteiger partial charge is 0.573 e. The van der Waals surface area contributed by atoms with Crippen molar-refractivity contribution in [1.29, 1.82) is 0 Å². The fourth-order valence-electron chi connectivity index (χ4n) is 6.37. The van der Waals surface area contributed by atoms with Crippen LogP contribution in [0.15, 0.2) is 42.5 Å². The van der Waals surface area contributed by atoms with E-state index in [1.54, 1.807) is 24.3 Å². The summed E-state index contributed by atoms with van der Waals surface area (Å²) in [6.45, 7) is 1.92. The molecule has 3 heterocycles. The first-order valence-corrected chi connectivity index (χ1v) is 13.7. The van der Waals surface area contributed by atoms with Gasteiger partial charge in [0.05, 0.1) is 0 Å². The predicted molar refractivity (Wildman–Crippen MR) is 137 cm³/mol. The predicted octanol–water partition coefficient (Wildman–Crippen LogP) is 4.14. The molecule has 0 bridgehead atoms. The van der Waals surface area contributed by atoms with Gasteiger partial charge in [0.15, 0.2) is 0 Å². The quantitative estimate of drug-likeness (QED) is 0.538. The smallest absolute Gasteiger partial charge is 0.489 e. The Morgan fingerprint density at radius 1 is 0.900 bits per heavy atom. The maximum absolute atomic E-state index is 13.0. The fourth-order valence-corrected chi connectivity index (χ4v) is 6.37. The van der Waals surface area contributed by atoms with E-state index in [1.807, 2.05) is 6.07 Å². The Morgan fingerprint density at radius 2 is 1.62 bits per heavy atom. The summed E-state index contributed by atoms with van der Waals surface area (Å²) in [4.78, 5) is 40.8. The van der Waals surface area contributed by atoms with Gasteiger partial charge in [-0.15, -0.1) is 13.2 Å². The number of halogens is 3. The number of ether oxygens (including phenoxy) is 2. The molecule has 1 N–H and O–H groups in total. The Hall–Kier alpha value is -3.60. The molecule has 2 saturated heterocycles. The Labute approximate surface area is 229 Å². The molecule has 3 aliphatic heterocycles. The lowest BCUT2D eigenvalue weighted by Crippen LogP contribution is -2.57. The highest BCUT2D eigenvalue weighted by Gasteiger charge is 2.41. The van der Waals surface area contributed by atoms with Gasteiger partial charge < -0.3 is 14.4 Å². The molecule has 40 heavy (non-hydrogen) atoms. The maximum atomic E-state index is 13.0. The van der Waals surface area contributed by atoms with Crippen molar-refractivity contribution in [2.75, 3.05) is 13.1 Å². The number of fused-ring (bicyclic) bond motifs is 1. The topological polar surface area (TPSA) is 88.2 Å². The van der Waals surface area contributed by atoms with Crippen LogP contribution in [0.25, 0.3) is 0 Å². The minimum atomic E-state index is -4.70. The van der Waals surface area contributed by atoms with E-state index in [0.29, 0.717) is 24.3 Å². The SMILES string of the molecule is O=C1CCC(N2Cc3cc(O[C@@H]4CCCC[C@H]4N4CC(c5ccc(OC(F)(F)F)cc5)C4)ccc3C2=O)C(=O)N1. The first-order valence-electron chi connectivity index (χ1n) is 13.7. The molecule has 3 fully saturated rings. The molecule has 3 atom stereocenters. The third-order valence-corrected chi connectivity index (χ3v) is 8.41. The lowest BCUT2D eigenvalue weighted by molar-refractivity contribution is -0.274. The summed E-state index contributed by atoms with van der Waals surface area (Å²) in [7, 11) is 0. The molecule has 0 aromatic heterocycles. The van der Waals surface area contributed by atoms with Crippen LogP contribution >= 0.6 is 0 Å². The van der Waals surface area contributed by atoms with Crippen LogP contribution in [0.1, 0.15) is 65.9 Å². The number of hydrogen-bond donors (Lipinski definition) is 1. The van der Waals surface area contributed by atoms with Gasteiger partial charge in [-0.2, -0.15) is 0 Å². The molecule has 3 amide bonds. The number of imide groups is 1. The van der Waals surface area contributed by atoms with Gasteiger partial charge >= 0.3 is 6.36 Å². The number of carbonyl (C=O) groups is 3. The summed E-state index contributed by atoms with van der Waals surface area (Å²) in [5.74, 6) is -0.249. The average molecular weight is 558 g/mol. The third-order valence-electron chi connectivity index (χ3n) is 8.41. The lowest BCUT2D eigenvalue weighted by atomic mass is 9.84. The molecule has 2 aromatic rings. The van der Waals surface area contributed by atoms with Crippen molar-refractivity contribution in [2.45, 2.75) is 75.5 Å².